The molecule has 2 aromatic rings. The molecule has 0 saturated heterocycles. The molecule has 2 N–H and O–H groups in total. The van der Waals surface area contributed by atoms with E-state index in [0.29, 0.717) is 37.9 Å². The topological polar surface area (TPSA) is 75.6 Å². The highest BCUT2D eigenvalue weighted by Gasteiger charge is 2.26. The van der Waals surface area contributed by atoms with Crippen LogP contribution in [-0.2, 0) is 4.79 Å². The van der Waals surface area contributed by atoms with Crippen molar-refractivity contribution in [3.8, 4) is 16.9 Å². The molecule has 0 radical (unpaired) electrons. The van der Waals surface area contributed by atoms with Crippen molar-refractivity contribution in [2.24, 2.45) is 5.92 Å². The third-order valence-electron chi connectivity index (χ3n) is 5.03. The molecule has 1 amide bonds. The fourth-order valence-electron chi connectivity index (χ4n) is 3.57. The minimum atomic E-state index is -0.736. The number of amides is 1. The first-order chi connectivity index (χ1) is 13.1. The number of carboxylic acids is 1. The molecule has 5 heteroatoms. The van der Waals surface area contributed by atoms with Crippen LogP contribution in [0.5, 0.6) is 5.75 Å². The van der Waals surface area contributed by atoms with Crippen LogP contribution in [0.15, 0.2) is 48.5 Å². The van der Waals surface area contributed by atoms with E-state index in [1.54, 1.807) is 6.07 Å². The van der Waals surface area contributed by atoms with E-state index in [2.05, 4.69) is 5.32 Å². The van der Waals surface area contributed by atoms with Crippen molar-refractivity contribution >= 4 is 11.9 Å². The summed E-state index contributed by atoms with van der Waals surface area (Å²) >= 11 is 0. The summed E-state index contributed by atoms with van der Waals surface area (Å²) in [7, 11) is 0. The van der Waals surface area contributed by atoms with E-state index in [0.717, 1.165) is 16.9 Å². The van der Waals surface area contributed by atoms with Gasteiger partial charge >= 0.3 is 5.97 Å². The molecule has 0 bridgehead atoms. The van der Waals surface area contributed by atoms with E-state index in [-0.39, 0.29) is 17.9 Å². The number of carbonyl (C=O) groups is 2. The molecule has 2 aromatic carbocycles. The molecule has 5 nitrogen and oxygen atoms in total. The Balaban J connectivity index is 1.71. The molecule has 0 spiro atoms. The van der Waals surface area contributed by atoms with Gasteiger partial charge in [-0.2, -0.15) is 0 Å². The summed E-state index contributed by atoms with van der Waals surface area (Å²) in [6.07, 6.45) is 2.63. The summed E-state index contributed by atoms with van der Waals surface area (Å²) in [6, 6.07) is 15.3. The SMILES string of the molecule is CCOc1ccccc1-c1cccc(C(=O)NC2CCC(C(=O)O)CC2)c1. The van der Waals surface area contributed by atoms with Gasteiger partial charge in [-0.25, -0.2) is 0 Å². The van der Waals surface area contributed by atoms with Gasteiger partial charge in [-0.1, -0.05) is 30.3 Å². The zero-order valence-corrected chi connectivity index (χ0v) is 15.5. The van der Waals surface area contributed by atoms with Crippen molar-refractivity contribution in [1.82, 2.24) is 5.32 Å². The summed E-state index contributed by atoms with van der Waals surface area (Å²) in [5.41, 5.74) is 2.48. The average Bonchev–Trinajstić information content (AvgIpc) is 2.69. The van der Waals surface area contributed by atoms with Crippen LogP contribution in [0.4, 0.5) is 0 Å². The molecule has 27 heavy (non-hydrogen) atoms. The minimum Gasteiger partial charge on any atom is -0.493 e. The Morgan fingerprint density at radius 2 is 1.81 bits per heavy atom. The number of ether oxygens (including phenoxy) is 1. The summed E-state index contributed by atoms with van der Waals surface area (Å²) < 4.78 is 5.69. The lowest BCUT2D eigenvalue weighted by Crippen LogP contribution is -2.38. The highest BCUT2D eigenvalue weighted by atomic mass is 16.5. The Labute approximate surface area is 159 Å². The van der Waals surface area contributed by atoms with Crippen LogP contribution in [0, 0.1) is 5.92 Å². The monoisotopic (exact) mass is 367 g/mol. The number of carboxylic acid groups (broad SMARTS) is 1. The molecule has 1 saturated carbocycles. The molecule has 0 aliphatic heterocycles. The zero-order chi connectivity index (χ0) is 19.2. The van der Waals surface area contributed by atoms with Gasteiger partial charge in [0.05, 0.1) is 12.5 Å². The van der Waals surface area contributed by atoms with Crippen LogP contribution < -0.4 is 10.1 Å². The Bertz CT molecular complexity index is 809. The Morgan fingerprint density at radius 3 is 2.52 bits per heavy atom. The van der Waals surface area contributed by atoms with Gasteiger partial charge in [0.15, 0.2) is 0 Å². The van der Waals surface area contributed by atoms with E-state index in [9.17, 15) is 9.59 Å². The van der Waals surface area contributed by atoms with Gasteiger partial charge < -0.3 is 15.2 Å². The molecule has 142 valence electrons. The van der Waals surface area contributed by atoms with Crippen LogP contribution >= 0.6 is 0 Å². The Hall–Kier alpha value is -2.82. The van der Waals surface area contributed by atoms with Gasteiger partial charge in [-0.15, -0.1) is 0 Å². The lowest BCUT2D eigenvalue weighted by Gasteiger charge is -2.26. The number of benzene rings is 2. The molecule has 0 atom stereocenters. The van der Waals surface area contributed by atoms with Crippen molar-refractivity contribution < 1.29 is 19.4 Å². The van der Waals surface area contributed by atoms with E-state index in [1.807, 2.05) is 49.4 Å². The van der Waals surface area contributed by atoms with E-state index in [4.69, 9.17) is 9.84 Å². The van der Waals surface area contributed by atoms with Crippen LogP contribution in [-0.4, -0.2) is 29.6 Å². The van der Waals surface area contributed by atoms with Gasteiger partial charge in [-0.3, -0.25) is 9.59 Å². The number of hydrogen-bond acceptors (Lipinski definition) is 3. The first-order valence-electron chi connectivity index (χ1n) is 9.44. The normalized spacial score (nSPS) is 19.3. The predicted octanol–water partition coefficient (Wildman–Crippen LogP) is 4.13. The molecular formula is C22H25NO4. The number of rotatable bonds is 6. The molecule has 1 fully saturated rings. The standard InChI is InChI=1S/C22H25NO4/c1-2-27-20-9-4-3-8-19(20)16-6-5-7-17(14-16)21(24)23-18-12-10-15(11-13-18)22(25)26/h3-9,14-15,18H,2,10-13H2,1H3,(H,23,24)(H,25,26). The van der Waals surface area contributed by atoms with Gasteiger partial charge in [-0.05, 0) is 56.4 Å². The van der Waals surface area contributed by atoms with Crippen molar-refractivity contribution in [2.75, 3.05) is 6.61 Å². The van der Waals surface area contributed by atoms with Gasteiger partial charge in [0.25, 0.3) is 5.91 Å². The third kappa shape index (κ3) is 4.67. The molecular weight excluding hydrogens is 342 g/mol. The van der Waals surface area contributed by atoms with E-state index < -0.39 is 5.97 Å². The second-order valence-electron chi connectivity index (χ2n) is 6.87. The van der Waals surface area contributed by atoms with Crippen molar-refractivity contribution in [1.29, 1.82) is 0 Å². The molecule has 1 aliphatic carbocycles. The number of hydrogen-bond donors (Lipinski definition) is 2. The smallest absolute Gasteiger partial charge is 0.306 e. The maximum absolute atomic E-state index is 12.7. The second-order valence-corrected chi connectivity index (χ2v) is 6.87. The molecule has 1 aliphatic rings. The Kier molecular flexibility index (Phi) is 6.12. The van der Waals surface area contributed by atoms with Crippen molar-refractivity contribution in [3.63, 3.8) is 0 Å². The quantitative estimate of drug-likeness (QED) is 0.805. The Morgan fingerprint density at radius 1 is 1.07 bits per heavy atom. The fourth-order valence-corrected chi connectivity index (χ4v) is 3.57. The van der Waals surface area contributed by atoms with Gasteiger partial charge in [0, 0.05) is 17.2 Å². The fraction of sp³-hybridized carbons (Fsp3) is 0.364. The first-order valence-corrected chi connectivity index (χ1v) is 9.44. The largest absolute Gasteiger partial charge is 0.493 e. The molecule has 0 aromatic heterocycles. The summed E-state index contributed by atoms with van der Waals surface area (Å²) in [6.45, 7) is 2.52. The molecule has 0 heterocycles. The zero-order valence-electron chi connectivity index (χ0n) is 15.5. The van der Waals surface area contributed by atoms with Crippen LogP contribution in [0.3, 0.4) is 0 Å². The summed E-state index contributed by atoms with van der Waals surface area (Å²) in [5.74, 6) is -0.342. The van der Waals surface area contributed by atoms with E-state index in [1.165, 1.54) is 0 Å². The second kappa shape index (κ2) is 8.71. The highest BCUT2D eigenvalue weighted by molar-refractivity contribution is 5.95. The highest BCUT2D eigenvalue weighted by Crippen LogP contribution is 2.30. The molecule has 0 unspecified atom stereocenters. The van der Waals surface area contributed by atoms with Crippen LogP contribution in [0.1, 0.15) is 43.0 Å². The summed E-state index contributed by atoms with van der Waals surface area (Å²) in [5, 5.41) is 12.1. The number of para-hydroxylation sites is 1. The third-order valence-corrected chi connectivity index (χ3v) is 5.03. The van der Waals surface area contributed by atoms with Crippen LogP contribution in [0.25, 0.3) is 11.1 Å². The lowest BCUT2D eigenvalue weighted by molar-refractivity contribution is -0.142. The maximum Gasteiger partial charge on any atom is 0.306 e. The minimum absolute atomic E-state index is 0.0347. The maximum atomic E-state index is 12.7. The van der Waals surface area contributed by atoms with E-state index >= 15 is 0 Å². The van der Waals surface area contributed by atoms with Crippen molar-refractivity contribution in [2.45, 2.75) is 38.6 Å². The van der Waals surface area contributed by atoms with Gasteiger partial charge in [0.1, 0.15) is 5.75 Å². The summed E-state index contributed by atoms with van der Waals surface area (Å²) in [4.78, 5) is 23.7. The molecule has 3 rings (SSSR count). The predicted molar refractivity (Wildman–Crippen MR) is 104 cm³/mol. The van der Waals surface area contributed by atoms with Crippen molar-refractivity contribution in [3.05, 3.63) is 54.1 Å². The average molecular weight is 367 g/mol. The number of carbonyl (C=O) groups excluding carboxylic acids is 1. The van der Waals surface area contributed by atoms with Gasteiger partial charge in [0.2, 0.25) is 0 Å². The lowest BCUT2D eigenvalue weighted by atomic mass is 9.86. The number of nitrogens with one attached hydrogen (secondary N) is 1. The number of aliphatic carboxylic acids is 1. The first kappa shape index (κ1) is 19.0. The van der Waals surface area contributed by atoms with Crippen LogP contribution in [0.2, 0.25) is 0 Å².